The molecule has 0 rings (SSSR count). The van der Waals surface area contributed by atoms with Crippen molar-refractivity contribution in [1.82, 2.24) is 10.2 Å². The lowest BCUT2D eigenvalue weighted by Gasteiger charge is -2.22. The highest BCUT2D eigenvalue weighted by Gasteiger charge is 2.34. The molecule has 0 saturated heterocycles. The molecule has 0 heterocycles. The van der Waals surface area contributed by atoms with Gasteiger partial charge in [0.1, 0.15) is 5.41 Å². The smallest absolute Gasteiger partial charge is 0.240 e. The predicted octanol–water partition coefficient (Wildman–Crippen LogP) is 0.994. The zero-order chi connectivity index (χ0) is 11.9. The van der Waals surface area contributed by atoms with Gasteiger partial charge in [-0.25, -0.2) is 0 Å². The average molecular weight is 211 g/mol. The molecule has 15 heavy (non-hydrogen) atoms. The third kappa shape index (κ3) is 3.88. The summed E-state index contributed by atoms with van der Waals surface area (Å²) in [4.78, 5) is 13.8. The van der Waals surface area contributed by atoms with Gasteiger partial charge in [0, 0.05) is 13.1 Å². The summed E-state index contributed by atoms with van der Waals surface area (Å²) in [6, 6.07) is 2.13. The first kappa shape index (κ1) is 13.9. The van der Waals surface area contributed by atoms with Gasteiger partial charge in [-0.05, 0) is 26.9 Å². The number of rotatable bonds is 6. The van der Waals surface area contributed by atoms with Crippen molar-refractivity contribution in [3.8, 4) is 6.07 Å². The zero-order valence-electron chi connectivity index (χ0n) is 10.1. The van der Waals surface area contributed by atoms with Crippen molar-refractivity contribution in [3.63, 3.8) is 0 Å². The number of amides is 1. The summed E-state index contributed by atoms with van der Waals surface area (Å²) in [5.41, 5.74) is -0.841. The van der Waals surface area contributed by atoms with Crippen molar-refractivity contribution in [2.24, 2.45) is 5.41 Å². The second kappa shape index (κ2) is 6.41. The standard InChI is InChI=1S/C11H21N3O/c1-5-11(6-2,9-12)10(15)13-7-8-14(3)4/h5-8H2,1-4H3,(H,13,15). The number of hydrogen-bond donors (Lipinski definition) is 1. The van der Waals surface area contributed by atoms with E-state index in [1.54, 1.807) is 0 Å². The molecular weight excluding hydrogens is 190 g/mol. The largest absolute Gasteiger partial charge is 0.353 e. The maximum Gasteiger partial charge on any atom is 0.240 e. The minimum Gasteiger partial charge on any atom is -0.353 e. The first-order valence-corrected chi connectivity index (χ1v) is 5.36. The Labute approximate surface area is 92.3 Å². The zero-order valence-corrected chi connectivity index (χ0v) is 10.1. The predicted molar refractivity (Wildman–Crippen MR) is 60.2 cm³/mol. The Balaban J connectivity index is 4.23. The molecule has 0 fully saturated rings. The van der Waals surface area contributed by atoms with Crippen LogP contribution in [0.25, 0.3) is 0 Å². The highest BCUT2D eigenvalue weighted by Crippen LogP contribution is 2.25. The van der Waals surface area contributed by atoms with Gasteiger partial charge in [-0.2, -0.15) is 5.26 Å². The number of hydrogen-bond acceptors (Lipinski definition) is 3. The second-order valence-electron chi connectivity index (χ2n) is 3.96. The Morgan fingerprint density at radius 2 is 1.93 bits per heavy atom. The first-order valence-electron chi connectivity index (χ1n) is 5.36. The molecule has 0 aliphatic carbocycles. The topological polar surface area (TPSA) is 56.1 Å². The Morgan fingerprint density at radius 3 is 2.27 bits per heavy atom. The maximum absolute atomic E-state index is 11.8. The lowest BCUT2D eigenvalue weighted by molar-refractivity contribution is -0.128. The van der Waals surface area contributed by atoms with Gasteiger partial charge in [0.05, 0.1) is 6.07 Å². The van der Waals surface area contributed by atoms with Crippen LogP contribution in [-0.2, 0) is 4.79 Å². The molecule has 0 bridgehead atoms. The summed E-state index contributed by atoms with van der Waals surface area (Å²) < 4.78 is 0. The molecule has 0 radical (unpaired) electrons. The normalized spacial score (nSPS) is 11.2. The van der Waals surface area contributed by atoms with Crippen molar-refractivity contribution >= 4 is 5.91 Å². The SMILES string of the molecule is CCC(C#N)(CC)C(=O)NCCN(C)C. The summed E-state index contributed by atoms with van der Waals surface area (Å²) in [6.07, 6.45) is 1.13. The molecule has 0 spiro atoms. The van der Waals surface area contributed by atoms with E-state index in [0.717, 1.165) is 6.54 Å². The van der Waals surface area contributed by atoms with Crippen LogP contribution >= 0.6 is 0 Å². The number of nitriles is 1. The van der Waals surface area contributed by atoms with Gasteiger partial charge < -0.3 is 10.2 Å². The summed E-state index contributed by atoms with van der Waals surface area (Å²) in [5.74, 6) is -0.142. The molecule has 4 nitrogen and oxygen atoms in total. The molecule has 0 aliphatic heterocycles. The fourth-order valence-electron chi connectivity index (χ4n) is 1.34. The van der Waals surface area contributed by atoms with E-state index in [1.165, 1.54) is 0 Å². The van der Waals surface area contributed by atoms with Gasteiger partial charge in [0.15, 0.2) is 0 Å². The molecular formula is C11H21N3O. The third-order valence-corrected chi connectivity index (χ3v) is 2.70. The van der Waals surface area contributed by atoms with Crippen LogP contribution < -0.4 is 5.32 Å². The van der Waals surface area contributed by atoms with Crippen molar-refractivity contribution in [1.29, 1.82) is 5.26 Å². The molecule has 0 aromatic heterocycles. The summed E-state index contributed by atoms with van der Waals surface area (Å²) >= 11 is 0. The van der Waals surface area contributed by atoms with E-state index in [9.17, 15) is 4.79 Å². The van der Waals surface area contributed by atoms with Gasteiger partial charge in [0.2, 0.25) is 5.91 Å². The average Bonchev–Trinajstić information content (AvgIpc) is 2.21. The molecule has 0 aromatic carbocycles. The van der Waals surface area contributed by atoms with E-state index >= 15 is 0 Å². The minimum atomic E-state index is -0.841. The Hall–Kier alpha value is -1.08. The molecule has 0 aliphatic rings. The van der Waals surface area contributed by atoms with Crippen LogP contribution in [-0.4, -0.2) is 38.0 Å². The van der Waals surface area contributed by atoms with Gasteiger partial charge in [0.25, 0.3) is 0 Å². The molecule has 0 unspecified atom stereocenters. The number of likely N-dealkylation sites (N-methyl/N-ethyl adjacent to an activating group) is 1. The Bertz CT molecular complexity index is 239. The van der Waals surface area contributed by atoms with E-state index < -0.39 is 5.41 Å². The third-order valence-electron chi connectivity index (χ3n) is 2.70. The summed E-state index contributed by atoms with van der Waals surface area (Å²) in [6.45, 7) is 5.13. The van der Waals surface area contributed by atoms with Gasteiger partial charge in [-0.1, -0.05) is 13.8 Å². The van der Waals surface area contributed by atoms with Crippen LogP contribution in [0.1, 0.15) is 26.7 Å². The molecule has 0 saturated carbocycles. The van der Waals surface area contributed by atoms with E-state index in [0.29, 0.717) is 19.4 Å². The first-order chi connectivity index (χ1) is 7.02. The van der Waals surface area contributed by atoms with Crippen LogP contribution in [0.4, 0.5) is 0 Å². The van der Waals surface area contributed by atoms with Gasteiger partial charge in [-0.3, -0.25) is 4.79 Å². The summed E-state index contributed by atoms with van der Waals surface area (Å²) in [7, 11) is 3.90. The monoisotopic (exact) mass is 211 g/mol. The van der Waals surface area contributed by atoms with Crippen LogP contribution in [0.5, 0.6) is 0 Å². The van der Waals surface area contributed by atoms with E-state index in [-0.39, 0.29) is 5.91 Å². The second-order valence-corrected chi connectivity index (χ2v) is 3.96. The maximum atomic E-state index is 11.8. The van der Waals surface area contributed by atoms with Crippen molar-refractivity contribution < 1.29 is 4.79 Å². The fourth-order valence-corrected chi connectivity index (χ4v) is 1.34. The lowest BCUT2D eigenvalue weighted by Crippen LogP contribution is -2.41. The highest BCUT2D eigenvalue weighted by atomic mass is 16.2. The van der Waals surface area contributed by atoms with Crippen LogP contribution in [0.3, 0.4) is 0 Å². The van der Waals surface area contributed by atoms with E-state index in [2.05, 4.69) is 11.4 Å². The van der Waals surface area contributed by atoms with E-state index in [1.807, 2.05) is 32.8 Å². The van der Waals surface area contributed by atoms with Crippen molar-refractivity contribution in [2.45, 2.75) is 26.7 Å². The lowest BCUT2D eigenvalue weighted by atomic mass is 9.83. The van der Waals surface area contributed by atoms with Gasteiger partial charge >= 0.3 is 0 Å². The van der Waals surface area contributed by atoms with Crippen LogP contribution in [0, 0.1) is 16.7 Å². The molecule has 86 valence electrons. The molecule has 0 aromatic rings. The molecule has 4 heteroatoms. The number of nitrogens with one attached hydrogen (secondary N) is 1. The summed E-state index contributed by atoms with van der Waals surface area (Å²) in [5, 5.41) is 11.8. The Kier molecular flexibility index (Phi) is 5.95. The van der Waals surface area contributed by atoms with Crippen LogP contribution in [0.15, 0.2) is 0 Å². The minimum absolute atomic E-state index is 0.142. The van der Waals surface area contributed by atoms with Crippen molar-refractivity contribution in [3.05, 3.63) is 0 Å². The number of nitrogens with zero attached hydrogens (tertiary/aromatic N) is 2. The quantitative estimate of drug-likeness (QED) is 0.713. The Morgan fingerprint density at radius 1 is 1.40 bits per heavy atom. The van der Waals surface area contributed by atoms with Gasteiger partial charge in [-0.15, -0.1) is 0 Å². The molecule has 1 N–H and O–H groups in total. The van der Waals surface area contributed by atoms with Crippen molar-refractivity contribution in [2.75, 3.05) is 27.2 Å². The number of carbonyl (C=O) groups is 1. The highest BCUT2D eigenvalue weighted by molar-refractivity contribution is 5.85. The molecule has 1 amide bonds. The fraction of sp³-hybridized carbons (Fsp3) is 0.818. The number of carbonyl (C=O) groups excluding carboxylic acids is 1. The van der Waals surface area contributed by atoms with E-state index in [4.69, 9.17) is 5.26 Å². The molecule has 0 atom stereocenters. The van der Waals surface area contributed by atoms with Crippen LogP contribution in [0.2, 0.25) is 0 Å².